The van der Waals surface area contributed by atoms with Crippen LogP contribution < -0.4 is 0 Å². The van der Waals surface area contributed by atoms with E-state index < -0.39 is 6.10 Å². The summed E-state index contributed by atoms with van der Waals surface area (Å²) in [5.41, 5.74) is 0. The molecule has 6 nitrogen and oxygen atoms in total. The fraction of sp³-hybridized carbons (Fsp3) is 0.644. The normalized spacial score (nSPS) is 13.0. The van der Waals surface area contributed by atoms with Crippen LogP contribution in [0, 0.1) is 0 Å². The molecule has 0 aliphatic carbocycles. The summed E-state index contributed by atoms with van der Waals surface area (Å²) in [6, 6.07) is 0. The molecule has 0 aliphatic rings. The number of esters is 3. The highest BCUT2D eigenvalue weighted by atomic mass is 16.6. The summed E-state index contributed by atoms with van der Waals surface area (Å²) in [5, 5.41) is 0. The zero-order chi connectivity index (χ0) is 47.2. The highest BCUT2D eigenvalue weighted by molar-refractivity contribution is 5.71. The lowest BCUT2D eigenvalue weighted by molar-refractivity contribution is -0.167. The molecule has 0 radical (unpaired) electrons. The van der Waals surface area contributed by atoms with Gasteiger partial charge in [-0.05, 0) is 109 Å². The van der Waals surface area contributed by atoms with Gasteiger partial charge < -0.3 is 14.2 Å². The molecule has 0 amide bonds. The maximum atomic E-state index is 12.8. The Morgan fingerprint density at radius 3 is 1.00 bits per heavy atom. The lowest BCUT2D eigenvalue weighted by Crippen LogP contribution is -2.30. The number of ether oxygens (including phenoxy) is 3. The standard InChI is InChI=1S/C59H96O6/c1-4-7-10-13-16-18-20-22-24-26-28-29-31-32-34-36-38-40-43-46-49-52-58(61)64-55-56(54-63-57(60)51-48-45-42-15-12-9-6-3)65-59(62)53-50-47-44-41-39-37-35-33-30-27-25-23-21-19-17-14-11-8-5-2/h7,10,16-19,22-25,28-30,32-34,38,40,56H,4-6,8-9,11-15,20-21,26-27,31,35-37,39,41-55H2,1-3H3/b10-7-,18-16-,19-17-,24-22-,25-23-,29-28-,33-30-,34-32-,40-38-. The first-order chi connectivity index (χ1) is 32.0. The molecule has 0 fully saturated rings. The summed E-state index contributed by atoms with van der Waals surface area (Å²) in [6.07, 6.45) is 70.9. The molecule has 0 N–H and O–H groups in total. The first-order valence-corrected chi connectivity index (χ1v) is 26.4. The van der Waals surface area contributed by atoms with E-state index in [1.807, 2.05) is 0 Å². The molecule has 1 atom stereocenters. The van der Waals surface area contributed by atoms with E-state index in [4.69, 9.17) is 14.2 Å². The van der Waals surface area contributed by atoms with E-state index >= 15 is 0 Å². The topological polar surface area (TPSA) is 78.9 Å². The van der Waals surface area contributed by atoms with E-state index in [-0.39, 0.29) is 31.1 Å². The van der Waals surface area contributed by atoms with E-state index in [9.17, 15) is 14.4 Å². The van der Waals surface area contributed by atoms with Crippen LogP contribution >= 0.6 is 0 Å². The van der Waals surface area contributed by atoms with Gasteiger partial charge in [-0.3, -0.25) is 14.4 Å². The average molecular weight is 901 g/mol. The molecule has 0 rings (SSSR count). The van der Waals surface area contributed by atoms with Crippen molar-refractivity contribution in [1.82, 2.24) is 0 Å². The third kappa shape index (κ3) is 50.9. The quantitative estimate of drug-likeness (QED) is 0.0262. The van der Waals surface area contributed by atoms with E-state index in [0.29, 0.717) is 25.7 Å². The van der Waals surface area contributed by atoms with Crippen molar-refractivity contribution in [3.05, 3.63) is 109 Å². The second kappa shape index (κ2) is 52.7. The number of carbonyl (C=O) groups is 3. The summed E-state index contributed by atoms with van der Waals surface area (Å²) >= 11 is 0. The van der Waals surface area contributed by atoms with E-state index in [1.54, 1.807) is 0 Å². The summed E-state index contributed by atoms with van der Waals surface area (Å²) in [5.74, 6) is -0.969. The van der Waals surface area contributed by atoms with Gasteiger partial charge in [-0.2, -0.15) is 0 Å². The third-order valence-corrected chi connectivity index (χ3v) is 10.8. The minimum absolute atomic E-state index is 0.0989. The number of rotatable bonds is 46. The highest BCUT2D eigenvalue weighted by Gasteiger charge is 2.19. The number of hydrogen-bond acceptors (Lipinski definition) is 6. The Morgan fingerprint density at radius 2 is 0.600 bits per heavy atom. The number of hydrogen-bond donors (Lipinski definition) is 0. The Balaban J connectivity index is 4.38. The van der Waals surface area contributed by atoms with E-state index in [0.717, 1.165) is 116 Å². The van der Waals surface area contributed by atoms with Crippen LogP contribution in [0.1, 0.15) is 226 Å². The summed E-state index contributed by atoms with van der Waals surface area (Å²) in [4.78, 5) is 37.8. The van der Waals surface area contributed by atoms with Gasteiger partial charge in [0.2, 0.25) is 0 Å². The Kier molecular flexibility index (Phi) is 49.5. The van der Waals surface area contributed by atoms with Crippen molar-refractivity contribution in [3.8, 4) is 0 Å². The van der Waals surface area contributed by atoms with Gasteiger partial charge in [0.25, 0.3) is 0 Å². The fourth-order valence-electron chi connectivity index (χ4n) is 6.80. The lowest BCUT2D eigenvalue weighted by atomic mass is 10.1. The zero-order valence-corrected chi connectivity index (χ0v) is 42.0. The molecule has 0 saturated carbocycles. The number of unbranched alkanes of at least 4 members (excludes halogenated alkanes) is 17. The maximum Gasteiger partial charge on any atom is 0.306 e. The molecule has 65 heavy (non-hydrogen) atoms. The summed E-state index contributed by atoms with van der Waals surface area (Å²) < 4.78 is 16.7. The average Bonchev–Trinajstić information content (AvgIpc) is 3.30. The van der Waals surface area contributed by atoms with Crippen LogP contribution in [-0.4, -0.2) is 37.2 Å². The third-order valence-electron chi connectivity index (χ3n) is 10.8. The van der Waals surface area contributed by atoms with Gasteiger partial charge in [0.15, 0.2) is 6.10 Å². The minimum atomic E-state index is -0.802. The fourth-order valence-corrected chi connectivity index (χ4v) is 6.80. The SMILES string of the molecule is CC/C=C\C/C=C\C/C=C\C/C=C\C/C=C\C/C=C\CCCCC(=O)OCC(COC(=O)CCCCCCCCC)OC(=O)CCCCCCCC/C=C\C/C=C\C/C=C\CCCCC. The largest absolute Gasteiger partial charge is 0.462 e. The molecule has 368 valence electrons. The van der Waals surface area contributed by atoms with Gasteiger partial charge in [-0.15, -0.1) is 0 Å². The molecule has 0 spiro atoms. The molecule has 0 aliphatic heterocycles. The number of allylic oxidation sites excluding steroid dienone is 18. The zero-order valence-electron chi connectivity index (χ0n) is 42.0. The second-order valence-corrected chi connectivity index (χ2v) is 17.1. The van der Waals surface area contributed by atoms with Crippen LogP contribution in [0.15, 0.2) is 109 Å². The van der Waals surface area contributed by atoms with Crippen molar-refractivity contribution in [1.29, 1.82) is 0 Å². The van der Waals surface area contributed by atoms with Gasteiger partial charge >= 0.3 is 17.9 Å². The van der Waals surface area contributed by atoms with E-state index in [2.05, 4.69) is 130 Å². The molecular weight excluding hydrogens is 805 g/mol. The van der Waals surface area contributed by atoms with Crippen LogP contribution in [0.3, 0.4) is 0 Å². The van der Waals surface area contributed by atoms with Gasteiger partial charge in [-0.1, -0.05) is 207 Å². The van der Waals surface area contributed by atoms with Gasteiger partial charge in [-0.25, -0.2) is 0 Å². The first kappa shape index (κ1) is 61.1. The van der Waals surface area contributed by atoms with Crippen LogP contribution in [0.4, 0.5) is 0 Å². The van der Waals surface area contributed by atoms with Gasteiger partial charge in [0.1, 0.15) is 13.2 Å². The first-order valence-electron chi connectivity index (χ1n) is 26.4. The van der Waals surface area contributed by atoms with Crippen molar-refractivity contribution in [2.24, 2.45) is 0 Å². The monoisotopic (exact) mass is 901 g/mol. The summed E-state index contributed by atoms with van der Waals surface area (Å²) in [7, 11) is 0. The smallest absolute Gasteiger partial charge is 0.306 e. The molecule has 0 bridgehead atoms. The van der Waals surface area contributed by atoms with Crippen LogP contribution in [-0.2, 0) is 28.6 Å². The van der Waals surface area contributed by atoms with Crippen molar-refractivity contribution in [3.63, 3.8) is 0 Å². The van der Waals surface area contributed by atoms with Gasteiger partial charge in [0, 0.05) is 19.3 Å². The molecule has 0 heterocycles. The van der Waals surface area contributed by atoms with Crippen LogP contribution in [0.5, 0.6) is 0 Å². The van der Waals surface area contributed by atoms with Crippen molar-refractivity contribution < 1.29 is 28.6 Å². The second-order valence-electron chi connectivity index (χ2n) is 17.1. The Labute approximate surface area is 400 Å². The van der Waals surface area contributed by atoms with Crippen molar-refractivity contribution >= 4 is 17.9 Å². The van der Waals surface area contributed by atoms with Crippen LogP contribution in [0.25, 0.3) is 0 Å². The van der Waals surface area contributed by atoms with E-state index in [1.165, 1.54) is 64.2 Å². The van der Waals surface area contributed by atoms with Crippen LogP contribution in [0.2, 0.25) is 0 Å². The number of carbonyl (C=O) groups excluding carboxylic acids is 3. The summed E-state index contributed by atoms with van der Waals surface area (Å²) in [6.45, 7) is 6.39. The Hall–Kier alpha value is -3.93. The molecule has 0 aromatic rings. The minimum Gasteiger partial charge on any atom is -0.462 e. The molecule has 0 aromatic heterocycles. The van der Waals surface area contributed by atoms with Crippen molar-refractivity contribution in [2.45, 2.75) is 232 Å². The predicted octanol–water partition coefficient (Wildman–Crippen LogP) is 17.5. The Morgan fingerprint density at radius 1 is 0.323 bits per heavy atom. The molecule has 0 aromatic carbocycles. The highest BCUT2D eigenvalue weighted by Crippen LogP contribution is 2.13. The molecule has 6 heteroatoms. The molecular formula is C59H96O6. The predicted molar refractivity (Wildman–Crippen MR) is 279 cm³/mol. The lowest BCUT2D eigenvalue weighted by Gasteiger charge is -2.18. The van der Waals surface area contributed by atoms with Crippen molar-refractivity contribution in [2.75, 3.05) is 13.2 Å². The molecule has 1 unspecified atom stereocenters. The van der Waals surface area contributed by atoms with Gasteiger partial charge in [0.05, 0.1) is 0 Å². The Bertz CT molecular complexity index is 1360. The maximum absolute atomic E-state index is 12.8. The molecule has 0 saturated heterocycles.